The molecule has 1 aromatic heterocycles. The van der Waals surface area contributed by atoms with E-state index in [2.05, 4.69) is 4.98 Å². The summed E-state index contributed by atoms with van der Waals surface area (Å²) in [5, 5.41) is 30.0. The van der Waals surface area contributed by atoms with Crippen LogP contribution in [0.2, 0.25) is 0 Å². The summed E-state index contributed by atoms with van der Waals surface area (Å²) in [6, 6.07) is 17.0. The molecule has 0 unspecified atom stereocenters. The topological polar surface area (TPSA) is 95.6 Å². The Kier molecular flexibility index (Phi) is 4.71. The third-order valence-electron chi connectivity index (χ3n) is 4.85. The number of imidazole rings is 1. The molecule has 3 aromatic carbocycles. The number of carbonyl (C=O) groups is 1. The van der Waals surface area contributed by atoms with Crippen molar-refractivity contribution in [1.82, 2.24) is 9.55 Å². The number of aromatic carboxylic acids is 1. The highest BCUT2D eigenvalue weighted by Gasteiger charge is 2.22. The van der Waals surface area contributed by atoms with Crippen LogP contribution < -0.4 is 0 Å². The predicted molar refractivity (Wildman–Crippen MR) is 109 cm³/mol. The standard InChI is InChI=1S/C23H17FN2O4/c1-13-21(15-6-2-4-8-19(15)27)25-22(16-7-3-5-9-20(16)28)26(13)14-10-11-18(24)17(12-14)23(29)30/h2-12,27-28H,1H3,(H,29,30). The van der Waals surface area contributed by atoms with Crippen molar-refractivity contribution in [2.75, 3.05) is 0 Å². The van der Waals surface area contributed by atoms with Crippen LogP contribution in [0, 0.1) is 12.7 Å². The van der Waals surface area contributed by atoms with Crippen molar-refractivity contribution in [3.63, 3.8) is 0 Å². The van der Waals surface area contributed by atoms with Gasteiger partial charge in [-0.1, -0.05) is 24.3 Å². The molecule has 1 heterocycles. The smallest absolute Gasteiger partial charge is 0.338 e. The monoisotopic (exact) mass is 404 g/mol. The largest absolute Gasteiger partial charge is 0.507 e. The van der Waals surface area contributed by atoms with E-state index in [9.17, 15) is 24.5 Å². The first-order valence-corrected chi connectivity index (χ1v) is 9.07. The molecule has 0 atom stereocenters. The Morgan fingerprint density at radius 2 is 1.53 bits per heavy atom. The lowest BCUT2D eigenvalue weighted by Crippen LogP contribution is -2.05. The highest BCUT2D eigenvalue weighted by molar-refractivity contribution is 5.89. The van der Waals surface area contributed by atoms with Crippen LogP contribution in [-0.2, 0) is 0 Å². The first kappa shape index (κ1) is 19.2. The van der Waals surface area contributed by atoms with Gasteiger partial charge in [-0.15, -0.1) is 0 Å². The van der Waals surface area contributed by atoms with Crippen molar-refractivity contribution in [3.05, 3.63) is 83.8 Å². The van der Waals surface area contributed by atoms with E-state index in [0.29, 0.717) is 34.0 Å². The molecule has 30 heavy (non-hydrogen) atoms. The summed E-state index contributed by atoms with van der Waals surface area (Å²) in [5.74, 6) is -1.91. The number of hydrogen-bond acceptors (Lipinski definition) is 4. The molecule has 0 aliphatic rings. The van der Waals surface area contributed by atoms with Gasteiger partial charge in [-0.3, -0.25) is 4.57 Å². The number of aromatic hydroxyl groups is 2. The molecule has 7 heteroatoms. The highest BCUT2D eigenvalue weighted by Crippen LogP contribution is 2.38. The highest BCUT2D eigenvalue weighted by atomic mass is 19.1. The van der Waals surface area contributed by atoms with Crippen molar-refractivity contribution in [3.8, 4) is 39.8 Å². The van der Waals surface area contributed by atoms with E-state index < -0.39 is 17.3 Å². The van der Waals surface area contributed by atoms with E-state index in [1.54, 1.807) is 47.9 Å². The molecule has 6 nitrogen and oxygen atoms in total. The van der Waals surface area contributed by atoms with Gasteiger partial charge in [0.15, 0.2) is 0 Å². The molecule has 3 N–H and O–H groups in total. The quantitative estimate of drug-likeness (QED) is 0.456. The molecule has 0 fully saturated rings. The normalized spacial score (nSPS) is 10.9. The van der Waals surface area contributed by atoms with E-state index in [1.165, 1.54) is 24.3 Å². The van der Waals surface area contributed by atoms with Gasteiger partial charge in [0.1, 0.15) is 23.1 Å². The summed E-state index contributed by atoms with van der Waals surface area (Å²) in [5.41, 5.74) is 1.80. The van der Waals surface area contributed by atoms with Crippen LogP contribution in [0.1, 0.15) is 16.1 Å². The van der Waals surface area contributed by atoms with Gasteiger partial charge in [-0.05, 0) is 49.4 Å². The average Bonchev–Trinajstić information content (AvgIpc) is 3.06. The third kappa shape index (κ3) is 3.16. The fourth-order valence-electron chi connectivity index (χ4n) is 3.41. The van der Waals surface area contributed by atoms with Crippen molar-refractivity contribution in [2.24, 2.45) is 0 Å². The Labute approximate surface area is 171 Å². The van der Waals surface area contributed by atoms with Crippen molar-refractivity contribution < 1.29 is 24.5 Å². The third-order valence-corrected chi connectivity index (χ3v) is 4.85. The van der Waals surface area contributed by atoms with Crippen LogP contribution in [0.25, 0.3) is 28.3 Å². The molecule has 4 rings (SSSR count). The van der Waals surface area contributed by atoms with Crippen LogP contribution in [0.4, 0.5) is 4.39 Å². The van der Waals surface area contributed by atoms with E-state index in [1.807, 2.05) is 0 Å². The molecule has 0 radical (unpaired) electrons. The maximum absolute atomic E-state index is 14.0. The summed E-state index contributed by atoms with van der Waals surface area (Å²) in [4.78, 5) is 16.1. The number of aromatic nitrogens is 2. The Morgan fingerprint density at radius 3 is 2.13 bits per heavy atom. The lowest BCUT2D eigenvalue weighted by atomic mass is 10.1. The van der Waals surface area contributed by atoms with Gasteiger partial charge in [-0.2, -0.15) is 0 Å². The van der Waals surface area contributed by atoms with Crippen molar-refractivity contribution in [2.45, 2.75) is 6.92 Å². The molecule has 0 spiro atoms. The summed E-state index contributed by atoms with van der Waals surface area (Å²) >= 11 is 0. The lowest BCUT2D eigenvalue weighted by molar-refractivity contribution is 0.0692. The summed E-state index contributed by atoms with van der Waals surface area (Å²) < 4.78 is 15.6. The minimum atomic E-state index is -1.39. The summed E-state index contributed by atoms with van der Waals surface area (Å²) in [6.45, 7) is 1.75. The second-order valence-electron chi connectivity index (χ2n) is 6.71. The molecule has 0 saturated carbocycles. The zero-order valence-corrected chi connectivity index (χ0v) is 15.9. The van der Waals surface area contributed by atoms with Gasteiger partial charge in [0.25, 0.3) is 0 Å². The Bertz CT molecular complexity index is 1280. The van der Waals surface area contributed by atoms with Gasteiger partial charge >= 0.3 is 5.97 Å². The molecule has 0 aliphatic carbocycles. The van der Waals surface area contributed by atoms with E-state index in [-0.39, 0.29) is 11.5 Å². The first-order valence-electron chi connectivity index (χ1n) is 9.07. The summed E-state index contributed by atoms with van der Waals surface area (Å²) in [7, 11) is 0. The van der Waals surface area contributed by atoms with Crippen LogP contribution >= 0.6 is 0 Å². The fourth-order valence-corrected chi connectivity index (χ4v) is 3.41. The number of phenols is 2. The number of phenolic OH excluding ortho intramolecular Hbond substituents is 2. The molecule has 150 valence electrons. The van der Waals surface area contributed by atoms with Gasteiger partial charge in [0, 0.05) is 16.9 Å². The fraction of sp³-hybridized carbons (Fsp3) is 0.0435. The van der Waals surface area contributed by atoms with Gasteiger partial charge in [-0.25, -0.2) is 14.2 Å². The second kappa shape index (κ2) is 7.36. The Balaban J connectivity index is 2.05. The molecular formula is C23H17FN2O4. The molecule has 0 aliphatic heterocycles. The van der Waals surface area contributed by atoms with Crippen LogP contribution in [0.5, 0.6) is 11.5 Å². The minimum Gasteiger partial charge on any atom is -0.507 e. The molecular weight excluding hydrogens is 387 g/mol. The van der Waals surface area contributed by atoms with Gasteiger partial charge < -0.3 is 15.3 Å². The van der Waals surface area contributed by atoms with Crippen molar-refractivity contribution >= 4 is 5.97 Å². The number of para-hydroxylation sites is 2. The molecule has 4 aromatic rings. The number of hydrogen-bond donors (Lipinski definition) is 3. The zero-order valence-electron chi connectivity index (χ0n) is 15.9. The van der Waals surface area contributed by atoms with Gasteiger partial charge in [0.2, 0.25) is 0 Å². The minimum absolute atomic E-state index is 0.0202. The summed E-state index contributed by atoms with van der Waals surface area (Å²) in [6.07, 6.45) is 0. The molecule has 0 saturated heterocycles. The number of benzene rings is 3. The maximum atomic E-state index is 14.0. The molecule has 0 amide bonds. The maximum Gasteiger partial charge on any atom is 0.338 e. The second-order valence-corrected chi connectivity index (χ2v) is 6.71. The van der Waals surface area contributed by atoms with Gasteiger partial charge in [0.05, 0.1) is 16.8 Å². The first-order chi connectivity index (χ1) is 14.4. The Morgan fingerprint density at radius 1 is 0.933 bits per heavy atom. The number of halogens is 1. The molecule has 0 bridgehead atoms. The number of nitrogens with zero attached hydrogens (tertiary/aromatic N) is 2. The number of rotatable bonds is 4. The van der Waals surface area contributed by atoms with Crippen LogP contribution in [0.15, 0.2) is 66.7 Å². The van der Waals surface area contributed by atoms with E-state index in [0.717, 1.165) is 6.07 Å². The Hall–Kier alpha value is -4.13. The number of carboxylic acid groups (broad SMARTS) is 1. The average molecular weight is 404 g/mol. The van der Waals surface area contributed by atoms with Crippen molar-refractivity contribution in [1.29, 1.82) is 0 Å². The predicted octanol–water partition coefficient (Wildman–Crippen LogP) is 4.76. The van der Waals surface area contributed by atoms with Crippen LogP contribution in [0.3, 0.4) is 0 Å². The lowest BCUT2D eigenvalue weighted by Gasteiger charge is -2.12. The van der Waals surface area contributed by atoms with E-state index in [4.69, 9.17) is 0 Å². The number of carboxylic acids is 1. The zero-order chi connectivity index (χ0) is 21.4. The van der Waals surface area contributed by atoms with Crippen LogP contribution in [-0.4, -0.2) is 30.8 Å². The SMILES string of the molecule is Cc1c(-c2ccccc2O)nc(-c2ccccc2O)n1-c1ccc(F)c(C(=O)O)c1. The van der Waals surface area contributed by atoms with E-state index >= 15 is 0 Å².